The number of benzene rings is 1. The van der Waals surface area contributed by atoms with Crippen molar-refractivity contribution in [3.63, 3.8) is 0 Å². The minimum absolute atomic E-state index is 0.151. The number of hydrogen-bond donors (Lipinski definition) is 1. The molecule has 1 fully saturated rings. The average molecular weight is 341 g/mol. The summed E-state index contributed by atoms with van der Waals surface area (Å²) in [6, 6.07) is 10.4. The molecule has 136 valence electrons. The van der Waals surface area contributed by atoms with Gasteiger partial charge in [0.2, 0.25) is 5.91 Å². The minimum Gasteiger partial charge on any atom is -0.356 e. The molecule has 0 saturated carbocycles. The Morgan fingerprint density at radius 3 is 2.68 bits per heavy atom. The van der Waals surface area contributed by atoms with Gasteiger partial charge in [-0.2, -0.15) is 0 Å². The van der Waals surface area contributed by atoms with E-state index in [1.54, 1.807) is 0 Å². The fourth-order valence-corrected chi connectivity index (χ4v) is 4.15. The summed E-state index contributed by atoms with van der Waals surface area (Å²) in [5.74, 6) is 1.75. The molecule has 3 rings (SSSR count). The predicted molar refractivity (Wildman–Crippen MR) is 104 cm³/mol. The second kappa shape index (κ2) is 8.52. The monoisotopic (exact) mass is 341 g/mol. The van der Waals surface area contributed by atoms with Crippen LogP contribution in [-0.4, -0.2) is 41.6 Å². The zero-order chi connectivity index (χ0) is 17.6. The van der Waals surface area contributed by atoms with E-state index in [0.29, 0.717) is 6.42 Å². The van der Waals surface area contributed by atoms with E-state index in [9.17, 15) is 4.79 Å². The molecule has 2 atom stereocenters. The highest BCUT2D eigenvalue weighted by Crippen LogP contribution is 2.20. The second-order valence-corrected chi connectivity index (χ2v) is 7.73. The molecule has 2 aromatic rings. The highest BCUT2D eigenvalue weighted by atomic mass is 16.1. The Kier molecular flexibility index (Phi) is 6.14. The van der Waals surface area contributed by atoms with E-state index in [0.717, 1.165) is 37.9 Å². The molecule has 1 aliphatic rings. The molecule has 2 unspecified atom stereocenters. The quantitative estimate of drug-likeness (QED) is 0.783. The molecule has 4 heteroatoms. The molecule has 1 N–H and O–H groups in total. The van der Waals surface area contributed by atoms with Crippen LogP contribution < -0.4 is 5.32 Å². The standard InChI is InChI=1S/C21H31N3O/c1-17-14-18(2)16-23(15-17)11-5-10-22-21(25)9-13-24-12-8-19-6-3-4-7-20(19)24/h3-4,6-8,12,17-18H,5,9-11,13-16H2,1-2H3,(H,22,25). The number of likely N-dealkylation sites (tertiary alicyclic amines) is 1. The van der Waals surface area contributed by atoms with Gasteiger partial charge in [-0.05, 0) is 48.7 Å². The van der Waals surface area contributed by atoms with Crippen LogP contribution in [0.25, 0.3) is 10.9 Å². The number of fused-ring (bicyclic) bond motifs is 1. The maximum Gasteiger partial charge on any atom is 0.221 e. The number of carbonyl (C=O) groups is 1. The minimum atomic E-state index is 0.151. The first-order valence-electron chi connectivity index (χ1n) is 9.65. The molecule has 1 aromatic carbocycles. The normalized spacial score (nSPS) is 21.5. The van der Waals surface area contributed by atoms with Crippen LogP contribution >= 0.6 is 0 Å². The summed E-state index contributed by atoms with van der Waals surface area (Å²) in [5.41, 5.74) is 1.20. The van der Waals surface area contributed by atoms with Crippen molar-refractivity contribution >= 4 is 16.8 Å². The first-order chi connectivity index (χ1) is 12.1. The highest BCUT2D eigenvalue weighted by molar-refractivity contribution is 5.80. The lowest BCUT2D eigenvalue weighted by Crippen LogP contribution is -2.40. The van der Waals surface area contributed by atoms with E-state index in [2.05, 4.69) is 53.0 Å². The van der Waals surface area contributed by atoms with Crippen LogP contribution in [0.2, 0.25) is 0 Å². The van der Waals surface area contributed by atoms with E-state index >= 15 is 0 Å². The topological polar surface area (TPSA) is 37.3 Å². The molecule has 1 aromatic heterocycles. The fraction of sp³-hybridized carbons (Fsp3) is 0.571. The van der Waals surface area contributed by atoms with Gasteiger partial charge >= 0.3 is 0 Å². The van der Waals surface area contributed by atoms with Gasteiger partial charge in [0.25, 0.3) is 0 Å². The maximum atomic E-state index is 12.1. The number of nitrogens with zero attached hydrogens (tertiary/aromatic N) is 2. The molecule has 25 heavy (non-hydrogen) atoms. The Balaban J connectivity index is 1.34. The second-order valence-electron chi connectivity index (χ2n) is 7.73. The Hall–Kier alpha value is -1.81. The van der Waals surface area contributed by atoms with Gasteiger partial charge in [0.15, 0.2) is 0 Å². The predicted octanol–water partition coefficient (Wildman–Crippen LogP) is 3.52. The third-order valence-electron chi connectivity index (χ3n) is 5.18. The molecule has 0 bridgehead atoms. The highest BCUT2D eigenvalue weighted by Gasteiger charge is 2.20. The number of amides is 1. The van der Waals surface area contributed by atoms with Gasteiger partial charge in [0.1, 0.15) is 0 Å². The molecule has 0 aliphatic carbocycles. The van der Waals surface area contributed by atoms with E-state index in [-0.39, 0.29) is 5.91 Å². The van der Waals surface area contributed by atoms with Crippen molar-refractivity contribution in [1.82, 2.24) is 14.8 Å². The summed E-state index contributed by atoms with van der Waals surface area (Å²) in [7, 11) is 0. The van der Waals surface area contributed by atoms with Gasteiger partial charge in [-0.1, -0.05) is 32.0 Å². The molecule has 0 radical (unpaired) electrons. The molecule has 1 amide bonds. The van der Waals surface area contributed by atoms with Gasteiger partial charge in [-0.3, -0.25) is 4.79 Å². The Bertz CT molecular complexity index is 683. The first kappa shape index (κ1) is 18.0. The summed E-state index contributed by atoms with van der Waals surface area (Å²) in [6.07, 6.45) is 4.99. The number of hydrogen-bond acceptors (Lipinski definition) is 2. The van der Waals surface area contributed by atoms with Gasteiger partial charge in [-0.15, -0.1) is 0 Å². The smallest absolute Gasteiger partial charge is 0.221 e. The van der Waals surface area contributed by atoms with Crippen molar-refractivity contribution in [2.45, 2.75) is 39.7 Å². The molecular weight excluding hydrogens is 310 g/mol. The Morgan fingerprint density at radius 2 is 1.88 bits per heavy atom. The summed E-state index contributed by atoms with van der Waals surface area (Å²) < 4.78 is 2.16. The zero-order valence-electron chi connectivity index (χ0n) is 15.6. The van der Waals surface area contributed by atoms with Crippen LogP contribution in [0.3, 0.4) is 0 Å². The molecule has 0 spiro atoms. The average Bonchev–Trinajstić information content (AvgIpc) is 2.99. The summed E-state index contributed by atoms with van der Waals surface area (Å²) >= 11 is 0. The molecule has 4 nitrogen and oxygen atoms in total. The Morgan fingerprint density at radius 1 is 1.12 bits per heavy atom. The number of rotatable bonds is 7. The molecule has 1 aliphatic heterocycles. The molecule has 1 saturated heterocycles. The van der Waals surface area contributed by atoms with Gasteiger partial charge in [-0.25, -0.2) is 0 Å². The van der Waals surface area contributed by atoms with E-state index < -0.39 is 0 Å². The van der Waals surface area contributed by atoms with E-state index in [1.807, 2.05) is 12.1 Å². The third kappa shape index (κ3) is 5.08. The van der Waals surface area contributed by atoms with Crippen LogP contribution in [-0.2, 0) is 11.3 Å². The van der Waals surface area contributed by atoms with Crippen LogP contribution in [0.4, 0.5) is 0 Å². The lowest BCUT2D eigenvalue weighted by molar-refractivity contribution is -0.121. The number of aromatic nitrogens is 1. The van der Waals surface area contributed by atoms with Gasteiger partial charge in [0, 0.05) is 44.3 Å². The van der Waals surface area contributed by atoms with E-state index in [1.165, 1.54) is 30.4 Å². The van der Waals surface area contributed by atoms with Gasteiger partial charge in [0.05, 0.1) is 0 Å². The third-order valence-corrected chi connectivity index (χ3v) is 5.18. The Labute approximate surface area is 151 Å². The number of nitrogens with one attached hydrogen (secondary N) is 1. The van der Waals surface area contributed by atoms with Crippen LogP contribution in [0.5, 0.6) is 0 Å². The summed E-state index contributed by atoms with van der Waals surface area (Å²) in [6.45, 7) is 9.71. The lowest BCUT2D eigenvalue weighted by Gasteiger charge is -2.34. The number of aryl methyl sites for hydroxylation is 1. The molecular formula is C21H31N3O. The van der Waals surface area contributed by atoms with Gasteiger partial charge < -0.3 is 14.8 Å². The largest absolute Gasteiger partial charge is 0.356 e. The first-order valence-corrected chi connectivity index (χ1v) is 9.65. The number of para-hydroxylation sites is 1. The molecule has 2 heterocycles. The lowest BCUT2D eigenvalue weighted by atomic mass is 9.92. The van der Waals surface area contributed by atoms with Crippen molar-refractivity contribution < 1.29 is 4.79 Å². The van der Waals surface area contributed by atoms with Crippen LogP contribution in [0, 0.1) is 11.8 Å². The number of piperidine rings is 1. The SMILES string of the molecule is CC1CC(C)CN(CCCNC(=O)CCn2ccc3ccccc32)C1. The van der Waals surface area contributed by atoms with Crippen LogP contribution in [0.1, 0.15) is 33.1 Å². The summed E-state index contributed by atoms with van der Waals surface area (Å²) in [5, 5.41) is 4.31. The summed E-state index contributed by atoms with van der Waals surface area (Å²) in [4.78, 5) is 14.6. The fourth-order valence-electron chi connectivity index (χ4n) is 4.15. The van der Waals surface area contributed by atoms with Crippen molar-refractivity contribution in [3.8, 4) is 0 Å². The van der Waals surface area contributed by atoms with Crippen molar-refractivity contribution in [2.24, 2.45) is 11.8 Å². The van der Waals surface area contributed by atoms with Crippen molar-refractivity contribution in [2.75, 3.05) is 26.2 Å². The van der Waals surface area contributed by atoms with Crippen molar-refractivity contribution in [1.29, 1.82) is 0 Å². The van der Waals surface area contributed by atoms with E-state index in [4.69, 9.17) is 0 Å². The van der Waals surface area contributed by atoms with Crippen LogP contribution in [0.15, 0.2) is 36.5 Å². The maximum absolute atomic E-state index is 12.1. The number of carbonyl (C=O) groups excluding carboxylic acids is 1. The zero-order valence-corrected chi connectivity index (χ0v) is 15.6. The van der Waals surface area contributed by atoms with Crippen molar-refractivity contribution in [3.05, 3.63) is 36.5 Å².